The molecule has 0 saturated carbocycles. The summed E-state index contributed by atoms with van der Waals surface area (Å²) in [6, 6.07) is 11.8. The quantitative estimate of drug-likeness (QED) is 0.649. The molecule has 3 nitrogen and oxygen atoms in total. The third-order valence-electron chi connectivity index (χ3n) is 2.52. The third-order valence-corrected chi connectivity index (χ3v) is 2.84. The molecule has 0 aliphatic carbocycles. The number of hydrogen-bond acceptors (Lipinski definition) is 3. The fraction of sp³-hybridized carbons (Fsp3) is 0.0714. The van der Waals surface area contributed by atoms with Gasteiger partial charge in [0.05, 0.1) is 10.7 Å². The molecule has 0 aliphatic rings. The van der Waals surface area contributed by atoms with Gasteiger partial charge in [0.25, 0.3) is 0 Å². The third kappa shape index (κ3) is 2.81. The lowest BCUT2D eigenvalue weighted by molar-refractivity contribution is 0.101. The van der Waals surface area contributed by atoms with Crippen LogP contribution in [0.3, 0.4) is 0 Å². The van der Waals surface area contributed by atoms with E-state index in [9.17, 15) is 9.90 Å². The second kappa shape index (κ2) is 5.10. The van der Waals surface area contributed by atoms with E-state index < -0.39 is 0 Å². The number of carbonyl (C=O) groups excluding carboxylic acids is 1. The number of carbonyl (C=O) groups is 1. The van der Waals surface area contributed by atoms with E-state index in [4.69, 9.17) is 11.6 Å². The van der Waals surface area contributed by atoms with E-state index in [1.165, 1.54) is 13.0 Å². The second-order valence-electron chi connectivity index (χ2n) is 3.92. The van der Waals surface area contributed by atoms with Crippen molar-refractivity contribution in [3.63, 3.8) is 0 Å². The Bertz CT molecular complexity index is 579. The van der Waals surface area contributed by atoms with Gasteiger partial charge < -0.3 is 10.4 Å². The minimum absolute atomic E-state index is 0.0317. The summed E-state index contributed by atoms with van der Waals surface area (Å²) >= 11 is 5.98. The van der Waals surface area contributed by atoms with E-state index in [1.54, 1.807) is 36.4 Å². The van der Waals surface area contributed by atoms with Crippen molar-refractivity contribution in [3.8, 4) is 5.75 Å². The first-order valence-electron chi connectivity index (χ1n) is 5.43. The Labute approximate surface area is 110 Å². The van der Waals surface area contributed by atoms with Gasteiger partial charge in [0.15, 0.2) is 5.78 Å². The minimum Gasteiger partial charge on any atom is -0.508 e. The lowest BCUT2D eigenvalue weighted by Gasteiger charge is -2.09. The molecule has 0 amide bonds. The first-order valence-corrected chi connectivity index (χ1v) is 5.80. The Hall–Kier alpha value is -2.00. The molecule has 18 heavy (non-hydrogen) atoms. The lowest BCUT2D eigenvalue weighted by Crippen LogP contribution is -1.94. The van der Waals surface area contributed by atoms with Gasteiger partial charge in [-0.05, 0) is 43.3 Å². The maximum Gasteiger partial charge on any atom is 0.159 e. The molecule has 0 radical (unpaired) electrons. The molecule has 0 atom stereocenters. The fourth-order valence-electron chi connectivity index (χ4n) is 1.55. The molecule has 0 spiro atoms. The van der Waals surface area contributed by atoms with Gasteiger partial charge in [-0.2, -0.15) is 0 Å². The number of Topliss-reactive ketones (excluding diaryl/α,β-unsaturated/α-hetero) is 1. The summed E-state index contributed by atoms with van der Waals surface area (Å²) in [5, 5.41) is 12.8. The molecule has 0 aromatic heterocycles. The van der Waals surface area contributed by atoms with E-state index >= 15 is 0 Å². The van der Waals surface area contributed by atoms with Crippen LogP contribution in [0.2, 0.25) is 5.02 Å². The van der Waals surface area contributed by atoms with E-state index in [0.717, 1.165) is 5.69 Å². The van der Waals surface area contributed by atoms with Crippen LogP contribution in [0.4, 0.5) is 11.4 Å². The number of benzene rings is 2. The van der Waals surface area contributed by atoms with E-state index in [1.807, 2.05) is 0 Å². The molecule has 0 bridgehead atoms. The standard InChI is InChI=1S/C14H12ClNO2/c1-9(17)10-2-4-11(5-3-10)16-14-7-6-12(18)8-13(14)15/h2-8,16,18H,1H3. The van der Waals surface area contributed by atoms with Gasteiger partial charge in [0, 0.05) is 17.3 Å². The topological polar surface area (TPSA) is 49.3 Å². The van der Waals surface area contributed by atoms with Gasteiger partial charge in [-0.15, -0.1) is 0 Å². The molecular formula is C14H12ClNO2. The number of ketones is 1. The average Bonchev–Trinajstić information content (AvgIpc) is 2.33. The normalized spacial score (nSPS) is 10.1. The smallest absolute Gasteiger partial charge is 0.159 e. The predicted octanol–water partition coefficient (Wildman–Crippen LogP) is 3.99. The maximum atomic E-state index is 11.1. The summed E-state index contributed by atoms with van der Waals surface area (Å²) in [6.45, 7) is 1.53. The van der Waals surface area contributed by atoms with Crippen LogP contribution in [0, 0.1) is 0 Å². The minimum atomic E-state index is 0.0317. The molecular weight excluding hydrogens is 250 g/mol. The molecule has 2 aromatic rings. The largest absolute Gasteiger partial charge is 0.508 e. The van der Waals surface area contributed by atoms with Crippen LogP contribution < -0.4 is 5.32 Å². The highest BCUT2D eigenvalue weighted by molar-refractivity contribution is 6.33. The fourth-order valence-corrected chi connectivity index (χ4v) is 1.77. The number of phenols is 1. The predicted molar refractivity (Wildman–Crippen MR) is 72.8 cm³/mol. The highest BCUT2D eigenvalue weighted by Gasteiger charge is 2.03. The van der Waals surface area contributed by atoms with Crippen LogP contribution in [0.15, 0.2) is 42.5 Å². The van der Waals surface area contributed by atoms with Crippen LogP contribution >= 0.6 is 11.6 Å². The summed E-state index contributed by atoms with van der Waals surface area (Å²) in [6.07, 6.45) is 0. The SMILES string of the molecule is CC(=O)c1ccc(Nc2ccc(O)cc2Cl)cc1. The van der Waals surface area contributed by atoms with Gasteiger partial charge in [-0.1, -0.05) is 11.6 Å². The summed E-state index contributed by atoms with van der Waals surface area (Å²) in [5.41, 5.74) is 2.19. The van der Waals surface area contributed by atoms with E-state index in [-0.39, 0.29) is 11.5 Å². The summed E-state index contributed by atoms with van der Waals surface area (Å²) < 4.78 is 0. The van der Waals surface area contributed by atoms with Crippen molar-refractivity contribution in [1.29, 1.82) is 0 Å². The molecule has 4 heteroatoms. The van der Waals surface area contributed by atoms with Crippen molar-refractivity contribution in [2.24, 2.45) is 0 Å². The van der Waals surface area contributed by atoms with Gasteiger partial charge >= 0.3 is 0 Å². The van der Waals surface area contributed by atoms with Crippen LogP contribution in [-0.2, 0) is 0 Å². The number of nitrogens with one attached hydrogen (secondary N) is 1. The van der Waals surface area contributed by atoms with Crippen molar-refractivity contribution in [3.05, 3.63) is 53.1 Å². The zero-order chi connectivity index (χ0) is 13.1. The molecule has 0 unspecified atom stereocenters. The Balaban J connectivity index is 2.21. The first kappa shape index (κ1) is 12.5. The van der Waals surface area contributed by atoms with Crippen LogP contribution in [0.1, 0.15) is 17.3 Å². The summed E-state index contributed by atoms with van der Waals surface area (Å²) in [4.78, 5) is 11.1. The van der Waals surface area contributed by atoms with Crippen LogP contribution in [-0.4, -0.2) is 10.9 Å². The zero-order valence-electron chi connectivity index (χ0n) is 9.77. The molecule has 92 valence electrons. The zero-order valence-corrected chi connectivity index (χ0v) is 10.5. The Kier molecular flexibility index (Phi) is 3.53. The second-order valence-corrected chi connectivity index (χ2v) is 4.33. The number of halogens is 1. The highest BCUT2D eigenvalue weighted by Crippen LogP contribution is 2.28. The Morgan fingerprint density at radius 3 is 2.39 bits per heavy atom. The number of anilines is 2. The van der Waals surface area contributed by atoms with E-state index in [0.29, 0.717) is 16.3 Å². The number of rotatable bonds is 3. The molecule has 0 heterocycles. The Morgan fingerprint density at radius 1 is 1.17 bits per heavy atom. The molecule has 0 saturated heterocycles. The highest BCUT2D eigenvalue weighted by atomic mass is 35.5. The van der Waals surface area contributed by atoms with Crippen molar-refractivity contribution in [1.82, 2.24) is 0 Å². The molecule has 0 aliphatic heterocycles. The average molecular weight is 262 g/mol. The Morgan fingerprint density at radius 2 is 1.83 bits per heavy atom. The van der Waals surface area contributed by atoms with Crippen molar-refractivity contribution >= 4 is 28.8 Å². The molecule has 2 N–H and O–H groups in total. The maximum absolute atomic E-state index is 11.1. The molecule has 2 aromatic carbocycles. The van der Waals surface area contributed by atoms with Crippen LogP contribution in [0.5, 0.6) is 5.75 Å². The van der Waals surface area contributed by atoms with Gasteiger partial charge in [-0.3, -0.25) is 4.79 Å². The first-order chi connectivity index (χ1) is 8.56. The number of aromatic hydroxyl groups is 1. The number of phenolic OH excluding ortho intramolecular Hbond substituents is 1. The number of hydrogen-bond donors (Lipinski definition) is 2. The monoisotopic (exact) mass is 261 g/mol. The van der Waals surface area contributed by atoms with Crippen molar-refractivity contribution < 1.29 is 9.90 Å². The van der Waals surface area contributed by atoms with Crippen molar-refractivity contribution in [2.45, 2.75) is 6.92 Å². The lowest BCUT2D eigenvalue weighted by atomic mass is 10.1. The molecule has 0 fully saturated rings. The molecule has 2 rings (SSSR count). The summed E-state index contributed by atoms with van der Waals surface area (Å²) in [7, 11) is 0. The van der Waals surface area contributed by atoms with E-state index in [2.05, 4.69) is 5.32 Å². The summed E-state index contributed by atoms with van der Waals surface area (Å²) in [5.74, 6) is 0.154. The van der Waals surface area contributed by atoms with Crippen LogP contribution in [0.25, 0.3) is 0 Å². The van der Waals surface area contributed by atoms with Crippen molar-refractivity contribution in [2.75, 3.05) is 5.32 Å². The van der Waals surface area contributed by atoms with Gasteiger partial charge in [-0.25, -0.2) is 0 Å². The van der Waals surface area contributed by atoms with Gasteiger partial charge in [0.1, 0.15) is 5.75 Å². The van der Waals surface area contributed by atoms with Gasteiger partial charge in [0.2, 0.25) is 0 Å².